The lowest BCUT2D eigenvalue weighted by molar-refractivity contribution is -0.0387. The fourth-order valence-corrected chi connectivity index (χ4v) is 2.33. The molecule has 1 aliphatic rings. The molecule has 0 aromatic heterocycles. The second kappa shape index (κ2) is 5.59. The smallest absolute Gasteiger partial charge is 0.254 e. The van der Waals surface area contributed by atoms with Crippen LogP contribution in [-0.4, -0.2) is 36.1 Å². The van der Waals surface area contributed by atoms with Crippen LogP contribution >= 0.6 is 0 Å². The van der Waals surface area contributed by atoms with Gasteiger partial charge >= 0.3 is 0 Å². The van der Waals surface area contributed by atoms with Crippen molar-refractivity contribution in [1.82, 2.24) is 4.90 Å². The Bertz CT molecular complexity index is 476. The van der Waals surface area contributed by atoms with Crippen LogP contribution in [0.15, 0.2) is 18.2 Å². The van der Waals surface area contributed by atoms with E-state index in [-0.39, 0.29) is 18.1 Å². The number of nitrogens with one attached hydrogen (secondary N) is 1. The summed E-state index contributed by atoms with van der Waals surface area (Å²) < 4.78 is 5.55. The summed E-state index contributed by atoms with van der Waals surface area (Å²) in [6.07, 6.45) is 0.0884. The molecule has 0 aliphatic carbocycles. The predicted molar refractivity (Wildman–Crippen MR) is 74.9 cm³/mol. The molecule has 19 heavy (non-hydrogen) atoms. The second-order valence-corrected chi connectivity index (χ2v) is 5.12. The number of carbonyl (C=O) groups is 1. The van der Waals surface area contributed by atoms with E-state index >= 15 is 0 Å². The Balaban J connectivity index is 2.23. The Labute approximate surface area is 113 Å². The van der Waals surface area contributed by atoms with Crippen LogP contribution in [0.4, 0.5) is 5.69 Å². The van der Waals surface area contributed by atoms with Gasteiger partial charge in [0.25, 0.3) is 5.91 Å². The first-order valence-corrected chi connectivity index (χ1v) is 6.52. The summed E-state index contributed by atoms with van der Waals surface area (Å²) in [6, 6.07) is 5.62. The molecule has 1 aromatic carbocycles. The van der Waals surface area contributed by atoms with Crippen LogP contribution in [0.25, 0.3) is 0 Å². The topological polar surface area (TPSA) is 67.6 Å². The van der Waals surface area contributed by atoms with Crippen LogP contribution < -0.4 is 11.3 Å². The summed E-state index contributed by atoms with van der Waals surface area (Å²) in [5.41, 5.74) is 5.03. The molecule has 1 aliphatic heterocycles. The molecular formula is C14H21N3O2. The molecule has 1 heterocycles. The molecule has 5 heteroatoms. The van der Waals surface area contributed by atoms with Crippen LogP contribution in [-0.2, 0) is 4.74 Å². The first-order chi connectivity index (χ1) is 9.02. The minimum atomic E-state index is 0.0590. The van der Waals surface area contributed by atoms with Crippen LogP contribution in [0.1, 0.15) is 29.8 Å². The molecule has 1 aromatic rings. The van der Waals surface area contributed by atoms with Crippen molar-refractivity contribution in [3.8, 4) is 0 Å². The Morgan fingerprint density at radius 3 is 2.84 bits per heavy atom. The number of nitrogen functional groups attached to an aromatic ring is 1. The van der Waals surface area contributed by atoms with Crippen LogP contribution in [0.2, 0.25) is 0 Å². The maximum atomic E-state index is 12.6. The van der Waals surface area contributed by atoms with Crippen molar-refractivity contribution < 1.29 is 9.53 Å². The molecule has 1 amide bonds. The highest BCUT2D eigenvalue weighted by molar-refractivity contribution is 5.96. The normalized spacial score (nSPS) is 23.3. The molecule has 2 atom stereocenters. The third kappa shape index (κ3) is 2.88. The van der Waals surface area contributed by atoms with Crippen molar-refractivity contribution in [1.29, 1.82) is 0 Å². The third-order valence-electron chi connectivity index (χ3n) is 3.49. The van der Waals surface area contributed by atoms with Gasteiger partial charge in [-0.05, 0) is 44.5 Å². The van der Waals surface area contributed by atoms with E-state index < -0.39 is 0 Å². The van der Waals surface area contributed by atoms with Gasteiger partial charge in [-0.2, -0.15) is 0 Å². The fourth-order valence-electron chi connectivity index (χ4n) is 2.33. The molecule has 1 saturated heterocycles. The molecule has 2 unspecified atom stereocenters. The first-order valence-electron chi connectivity index (χ1n) is 6.52. The van der Waals surface area contributed by atoms with E-state index in [1.54, 1.807) is 0 Å². The largest absolute Gasteiger partial charge is 0.375 e. The van der Waals surface area contributed by atoms with E-state index in [4.69, 9.17) is 10.6 Å². The summed E-state index contributed by atoms with van der Waals surface area (Å²) in [4.78, 5) is 14.5. The maximum absolute atomic E-state index is 12.6. The summed E-state index contributed by atoms with van der Waals surface area (Å²) in [5.74, 6) is 5.43. The number of ether oxygens (including phenoxy) is 1. The Morgan fingerprint density at radius 1 is 1.47 bits per heavy atom. The molecule has 0 spiro atoms. The van der Waals surface area contributed by atoms with Crippen molar-refractivity contribution in [3.63, 3.8) is 0 Å². The molecule has 5 nitrogen and oxygen atoms in total. The van der Waals surface area contributed by atoms with Crippen molar-refractivity contribution in [2.24, 2.45) is 5.84 Å². The standard InChI is InChI=1S/C14H21N3O2/c1-9-6-12(16-15)4-5-13(9)14(18)17-7-11(3)19-8-10(17)2/h4-6,10-11,16H,7-8,15H2,1-3H3. The average molecular weight is 263 g/mol. The van der Waals surface area contributed by atoms with Crippen LogP contribution in [0.3, 0.4) is 0 Å². The van der Waals surface area contributed by atoms with Gasteiger partial charge in [-0.15, -0.1) is 0 Å². The molecule has 1 fully saturated rings. The molecule has 2 rings (SSSR count). The van der Waals surface area contributed by atoms with Gasteiger partial charge in [0.05, 0.1) is 18.8 Å². The number of benzene rings is 1. The monoisotopic (exact) mass is 263 g/mol. The number of aryl methyl sites for hydroxylation is 1. The zero-order chi connectivity index (χ0) is 14.0. The lowest BCUT2D eigenvalue weighted by Crippen LogP contribution is -2.50. The highest BCUT2D eigenvalue weighted by Crippen LogP contribution is 2.20. The summed E-state index contributed by atoms with van der Waals surface area (Å²) in [7, 11) is 0. The molecule has 0 saturated carbocycles. The predicted octanol–water partition coefficient (Wildman–Crippen LogP) is 1.53. The third-order valence-corrected chi connectivity index (χ3v) is 3.49. The summed E-state index contributed by atoms with van der Waals surface area (Å²) in [6.45, 7) is 7.14. The van der Waals surface area contributed by atoms with Gasteiger partial charge in [0.2, 0.25) is 0 Å². The van der Waals surface area contributed by atoms with Gasteiger partial charge in [-0.25, -0.2) is 0 Å². The number of carbonyl (C=O) groups excluding carboxylic acids is 1. The number of anilines is 1. The van der Waals surface area contributed by atoms with Gasteiger partial charge in [-0.3, -0.25) is 10.6 Å². The van der Waals surface area contributed by atoms with Gasteiger partial charge in [0.1, 0.15) is 0 Å². The maximum Gasteiger partial charge on any atom is 0.254 e. The fraction of sp³-hybridized carbons (Fsp3) is 0.500. The van der Waals surface area contributed by atoms with E-state index in [2.05, 4.69) is 5.43 Å². The first kappa shape index (κ1) is 13.8. The number of rotatable bonds is 2. The van der Waals surface area contributed by atoms with Crippen LogP contribution in [0, 0.1) is 6.92 Å². The molecule has 104 valence electrons. The van der Waals surface area contributed by atoms with Crippen molar-refractivity contribution in [2.45, 2.75) is 32.9 Å². The van der Waals surface area contributed by atoms with Crippen molar-refractivity contribution in [2.75, 3.05) is 18.6 Å². The van der Waals surface area contributed by atoms with Gasteiger partial charge in [0, 0.05) is 17.8 Å². The number of nitrogens with two attached hydrogens (primary N) is 1. The average Bonchev–Trinajstić information content (AvgIpc) is 2.40. The number of hydrogen-bond donors (Lipinski definition) is 2. The number of amides is 1. The van der Waals surface area contributed by atoms with Crippen LogP contribution in [0.5, 0.6) is 0 Å². The Kier molecular flexibility index (Phi) is 4.07. The molecule has 0 bridgehead atoms. The molecule has 0 radical (unpaired) electrons. The van der Waals surface area contributed by atoms with Crippen molar-refractivity contribution in [3.05, 3.63) is 29.3 Å². The number of nitrogens with zero attached hydrogens (tertiary/aromatic N) is 1. The highest BCUT2D eigenvalue weighted by Gasteiger charge is 2.28. The Morgan fingerprint density at radius 2 is 2.21 bits per heavy atom. The summed E-state index contributed by atoms with van der Waals surface area (Å²) in [5, 5.41) is 0. The minimum Gasteiger partial charge on any atom is -0.375 e. The lowest BCUT2D eigenvalue weighted by Gasteiger charge is -2.37. The lowest BCUT2D eigenvalue weighted by atomic mass is 10.0. The van der Waals surface area contributed by atoms with E-state index in [1.807, 2.05) is 43.9 Å². The summed E-state index contributed by atoms with van der Waals surface area (Å²) >= 11 is 0. The quantitative estimate of drug-likeness (QED) is 0.627. The minimum absolute atomic E-state index is 0.0590. The van der Waals surface area contributed by atoms with Gasteiger partial charge in [-0.1, -0.05) is 0 Å². The zero-order valence-electron chi connectivity index (χ0n) is 11.6. The Hall–Kier alpha value is -1.59. The van der Waals surface area contributed by atoms with Crippen molar-refractivity contribution >= 4 is 11.6 Å². The number of hydrogen-bond acceptors (Lipinski definition) is 4. The van der Waals surface area contributed by atoms with E-state index in [0.29, 0.717) is 13.2 Å². The number of hydrazine groups is 1. The molecule has 3 N–H and O–H groups in total. The highest BCUT2D eigenvalue weighted by atomic mass is 16.5. The SMILES string of the molecule is Cc1cc(NN)ccc1C(=O)N1CC(C)OCC1C. The van der Waals surface area contributed by atoms with Gasteiger partial charge < -0.3 is 15.1 Å². The molecular weight excluding hydrogens is 242 g/mol. The van der Waals surface area contributed by atoms with E-state index in [0.717, 1.165) is 16.8 Å². The van der Waals surface area contributed by atoms with Gasteiger partial charge in [0.15, 0.2) is 0 Å². The van der Waals surface area contributed by atoms with E-state index in [1.165, 1.54) is 0 Å². The second-order valence-electron chi connectivity index (χ2n) is 5.12. The zero-order valence-corrected chi connectivity index (χ0v) is 11.6. The van der Waals surface area contributed by atoms with E-state index in [9.17, 15) is 4.79 Å². The number of morpholine rings is 1.